The Morgan fingerprint density at radius 2 is 2.20 bits per heavy atom. The molecular formula is C16H19NO3. The smallest absolute Gasteiger partial charge is 0.397 e. The minimum absolute atomic E-state index is 0.0251. The molecule has 20 heavy (non-hydrogen) atoms. The van der Waals surface area contributed by atoms with Crippen molar-refractivity contribution in [3.63, 3.8) is 0 Å². The molecule has 0 spiro atoms. The van der Waals surface area contributed by atoms with Crippen molar-refractivity contribution in [1.29, 1.82) is 0 Å². The number of ether oxygens (including phenoxy) is 1. The third-order valence-corrected chi connectivity index (χ3v) is 2.96. The third kappa shape index (κ3) is 3.26. The van der Waals surface area contributed by atoms with Gasteiger partial charge in [-0.25, -0.2) is 4.79 Å². The highest BCUT2D eigenvalue weighted by molar-refractivity contribution is 5.86. The van der Waals surface area contributed by atoms with Crippen LogP contribution in [0, 0.1) is 0 Å². The van der Waals surface area contributed by atoms with Crippen LogP contribution in [0.5, 0.6) is 6.08 Å². The van der Waals surface area contributed by atoms with Gasteiger partial charge in [-0.2, -0.15) is 4.98 Å². The fraction of sp³-hybridized carbons (Fsp3) is 0.375. The quantitative estimate of drug-likeness (QED) is 0.751. The lowest BCUT2D eigenvalue weighted by atomic mass is 10.1. The maximum atomic E-state index is 12.1. The summed E-state index contributed by atoms with van der Waals surface area (Å²) >= 11 is 0. The van der Waals surface area contributed by atoms with Gasteiger partial charge in [-0.1, -0.05) is 44.1 Å². The van der Waals surface area contributed by atoms with E-state index >= 15 is 0 Å². The van der Waals surface area contributed by atoms with Gasteiger partial charge in [-0.05, 0) is 25.0 Å². The van der Waals surface area contributed by atoms with Crippen LogP contribution < -0.4 is 10.4 Å². The molecule has 0 N–H and O–H groups in total. The minimum atomic E-state index is -0.408. The van der Waals surface area contributed by atoms with Gasteiger partial charge in [0.25, 0.3) is 0 Å². The largest absolute Gasteiger partial charge is 0.450 e. The summed E-state index contributed by atoms with van der Waals surface area (Å²) in [5.74, 6) is 0. The molecule has 0 unspecified atom stereocenters. The summed E-state index contributed by atoms with van der Waals surface area (Å²) in [5.41, 5.74) is 1.03. The van der Waals surface area contributed by atoms with Gasteiger partial charge in [-0.3, -0.25) is 0 Å². The number of nitrogens with zero attached hydrogens (tertiary/aromatic N) is 1. The Bertz CT molecular complexity index is 658. The predicted octanol–water partition coefficient (Wildman–Crippen LogP) is 3.79. The molecule has 0 saturated heterocycles. The van der Waals surface area contributed by atoms with Crippen molar-refractivity contribution in [2.24, 2.45) is 0 Å². The first-order valence-corrected chi connectivity index (χ1v) is 6.99. The molecule has 4 nitrogen and oxygen atoms in total. The van der Waals surface area contributed by atoms with Crippen LogP contribution in [0.25, 0.3) is 17.0 Å². The lowest BCUT2D eigenvalue weighted by Crippen LogP contribution is -2.06. The van der Waals surface area contributed by atoms with Gasteiger partial charge >= 0.3 is 11.7 Å². The van der Waals surface area contributed by atoms with E-state index in [2.05, 4.69) is 18.0 Å². The monoisotopic (exact) mass is 273 g/mol. The van der Waals surface area contributed by atoms with Crippen LogP contribution in [0.3, 0.4) is 0 Å². The van der Waals surface area contributed by atoms with E-state index in [1.807, 2.05) is 25.1 Å². The Labute approximate surface area is 118 Å². The van der Waals surface area contributed by atoms with E-state index in [9.17, 15) is 4.79 Å². The summed E-state index contributed by atoms with van der Waals surface area (Å²) in [7, 11) is 0. The van der Waals surface area contributed by atoms with E-state index in [1.165, 1.54) is 0 Å². The Balaban J connectivity index is 2.41. The van der Waals surface area contributed by atoms with Crippen molar-refractivity contribution < 1.29 is 9.15 Å². The third-order valence-electron chi connectivity index (χ3n) is 2.96. The lowest BCUT2D eigenvalue weighted by molar-refractivity contribution is 0.229. The Kier molecular flexibility index (Phi) is 4.93. The second-order valence-electron chi connectivity index (χ2n) is 4.49. The van der Waals surface area contributed by atoms with Crippen molar-refractivity contribution in [3.05, 3.63) is 40.3 Å². The zero-order chi connectivity index (χ0) is 14.4. The molecule has 0 bridgehead atoms. The number of hydrogen-bond acceptors (Lipinski definition) is 4. The molecule has 0 aliphatic carbocycles. The van der Waals surface area contributed by atoms with Crippen LogP contribution in [0.2, 0.25) is 0 Å². The summed E-state index contributed by atoms with van der Waals surface area (Å²) in [6.07, 6.45) is 7.36. The van der Waals surface area contributed by atoms with Crippen LogP contribution in [-0.4, -0.2) is 11.6 Å². The lowest BCUT2D eigenvalue weighted by Gasteiger charge is -2.03. The molecule has 0 atom stereocenters. The highest BCUT2D eigenvalue weighted by Crippen LogP contribution is 2.18. The van der Waals surface area contributed by atoms with Gasteiger partial charge in [0.15, 0.2) is 0 Å². The van der Waals surface area contributed by atoms with Crippen molar-refractivity contribution in [2.75, 3.05) is 6.61 Å². The molecular weight excluding hydrogens is 254 g/mol. The molecule has 0 fully saturated rings. The summed E-state index contributed by atoms with van der Waals surface area (Å²) in [4.78, 5) is 16.3. The highest BCUT2D eigenvalue weighted by Gasteiger charge is 2.09. The first kappa shape index (κ1) is 14.3. The minimum Gasteiger partial charge on any atom is -0.450 e. The number of fused-ring (bicyclic) bond motifs is 1. The van der Waals surface area contributed by atoms with Crippen molar-refractivity contribution in [1.82, 2.24) is 4.98 Å². The molecule has 0 saturated carbocycles. The van der Waals surface area contributed by atoms with Gasteiger partial charge < -0.3 is 9.15 Å². The van der Waals surface area contributed by atoms with Gasteiger partial charge in [0.2, 0.25) is 0 Å². The second-order valence-corrected chi connectivity index (χ2v) is 4.49. The maximum Gasteiger partial charge on any atom is 0.397 e. The average Bonchev–Trinajstić information content (AvgIpc) is 2.44. The van der Waals surface area contributed by atoms with E-state index < -0.39 is 5.63 Å². The van der Waals surface area contributed by atoms with E-state index in [0.29, 0.717) is 17.5 Å². The van der Waals surface area contributed by atoms with Crippen molar-refractivity contribution in [2.45, 2.75) is 33.1 Å². The standard InChI is InChI=1S/C16H19NO3/c1-3-5-6-7-9-12-10-8-11-13-14(12)15(18)20-16(17-13)19-4-2/h7-11H,3-6H2,1-2H3/b9-7+. The molecule has 1 aromatic carbocycles. The number of hydrogen-bond donors (Lipinski definition) is 0. The number of benzene rings is 1. The molecule has 0 aliphatic rings. The van der Waals surface area contributed by atoms with Crippen molar-refractivity contribution in [3.8, 4) is 6.08 Å². The highest BCUT2D eigenvalue weighted by atomic mass is 16.6. The van der Waals surface area contributed by atoms with E-state index in [-0.39, 0.29) is 6.08 Å². The maximum absolute atomic E-state index is 12.1. The zero-order valence-corrected chi connectivity index (χ0v) is 11.9. The molecule has 1 aromatic heterocycles. The van der Waals surface area contributed by atoms with Crippen LogP contribution >= 0.6 is 0 Å². The fourth-order valence-corrected chi connectivity index (χ4v) is 1.98. The first-order chi connectivity index (χ1) is 9.76. The summed E-state index contributed by atoms with van der Waals surface area (Å²) < 4.78 is 10.2. The normalized spacial score (nSPS) is 11.3. The number of aromatic nitrogens is 1. The summed E-state index contributed by atoms with van der Waals surface area (Å²) in [6, 6.07) is 5.56. The van der Waals surface area contributed by atoms with E-state index in [1.54, 1.807) is 6.07 Å². The van der Waals surface area contributed by atoms with Gasteiger partial charge in [0, 0.05) is 0 Å². The number of allylic oxidation sites excluding steroid dienone is 1. The van der Waals surface area contributed by atoms with Gasteiger partial charge in [-0.15, -0.1) is 0 Å². The molecule has 4 heteroatoms. The van der Waals surface area contributed by atoms with E-state index in [4.69, 9.17) is 9.15 Å². The van der Waals surface area contributed by atoms with E-state index in [0.717, 1.165) is 24.8 Å². The fourth-order valence-electron chi connectivity index (χ4n) is 1.98. The Hall–Kier alpha value is -2.10. The summed E-state index contributed by atoms with van der Waals surface area (Å²) in [6.45, 7) is 4.39. The van der Waals surface area contributed by atoms with Crippen LogP contribution in [0.1, 0.15) is 38.7 Å². The molecule has 1 heterocycles. The number of unbranched alkanes of at least 4 members (excludes halogenated alkanes) is 2. The molecule has 0 amide bonds. The van der Waals surface area contributed by atoms with Crippen LogP contribution in [0.4, 0.5) is 0 Å². The Morgan fingerprint density at radius 1 is 1.35 bits per heavy atom. The second kappa shape index (κ2) is 6.89. The van der Waals surface area contributed by atoms with Gasteiger partial charge in [0.05, 0.1) is 17.5 Å². The topological polar surface area (TPSA) is 52.3 Å². The average molecular weight is 273 g/mol. The van der Waals surface area contributed by atoms with Crippen LogP contribution in [0.15, 0.2) is 33.5 Å². The molecule has 2 aromatic rings. The zero-order valence-electron chi connectivity index (χ0n) is 11.9. The molecule has 0 aliphatic heterocycles. The Morgan fingerprint density at radius 3 is 2.95 bits per heavy atom. The number of rotatable bonds is 6. The SMILES string of the molecule is CCCC/C=C/c1cccc2nc(OCC)oc(=O)c12. The van der Waals surface area contributed by atoms with Crippen molar-refractivity contribution >= 4 is 17.0 Å². The predicted molar refractivity (Wildman–Crippen MR) is 80.0 cm³/mol. The first-order valence-electron chi connectivity index (χ1n) is 6.99. The van der Waals surface area contributed by atoms with Gasteiger partial charge in [0.1, 0.15) is 0 Å². The summed E-state index contributed by atoms with van der Waals surface area (Å²) in [5, 5.41) is 0.503. The molecule has 0 radical (unpaired) electrons. The van der Waals surface area contributed by atoms with Crippen LogP contribution in [-0.2, 0) is 0 Å². The molecule has 106 valence electrons. The molecule has 2 rings (SSSR count).